The molecule has 6 heteroatoms. The number of anilines is 1. The summed E-state index contributed by atoms with van der Waals surface area (Å²) in [7, 11) is 0. The fourth-order valence-electron chi connectivity index (χ4n) is 4.14. The predicted molar refractivity (Wildman–Crippen MR) is 103 cm³/mol. The lowest BCUT2D eigenvalue weighted by molar-refractivity contribution is -0.124. The second kappa shape index (κ2) is 7.70. The van der Waals surface area contributed by atoms with E-state index in [9.17, 15) is 23.5 Å². The molecule has 1 amide bonds. The lowest BCUT2D eigenvalue weighted by Gasteiger charge is -2.38. The van der Waals surface area contributed by atoms with Crippen molar-refractivity contribution in [3.63, 3.8) is 0 Å². The first-order chi connectivity index (χ1) is 13.2. The molecule has 148 valence electrons. The lowest BCUT2D eigenvalue weighted by Crippen LogP contribution is -2.46. The summed E-state index contributed by atoms with van der Waals surface area (Å²) in [6.45, 7) is 5.83. The Morgan fingerprint density at radius 3 is 2.39 bits per heavy atom. The number of aryl methyl sites for hydroxylation is 2. The Labute approximate surface area is 162 Å². The van der Waals surface area contributed by atoms with Crippen LogP contribution >= 0.6 is 0 Å². The van der Waals surface area contributed by atoms with Gasteiger partial charge in [-0.15, -0.1) is 0 Å². The molecule has 2 atom stereocenters. The Kier molecular flexibility index (Phi) is 5.49. The number of carbonyl (C=O) groups is 2. The second-order valence-corrected chi connectivity index (χ2v) is 7.66. The van der Waals surface area contributed by atoms with Gasteiger partial charge in [0.25, 0.3) is 0 Å². The van der Waals surface area contributed by atoms with E-state index in [2.05, 4.69) is 0 Å². The van der Waals surface area contributed by atoms with Crippen LogP contribution in [-0.2, 0) is 11.2 Å². The molecule has 3 rings (SSSR count). The number of carbonyl (C=O) groups excluding carboxylic acids is 1. The molecule has 0 spiro atoms. The van der Waals surface area contributed by atoms with Gasteiger partial charge in [-0.05, 0) is 67.5 Å². The van der Waals surface area contributed by atoms with Crippen molar-refractivity contribution < 1.29 is 23.5 Å². The van der Waals surface area contributed by atoms with Gasteiger partial charge in [0.15, 0.2) is 0 Å². The summed E-state index contributed by atoms with van der Waals surface area (Å²) in [6.07, 6.45) is 1.03. The quantitative estimate of drug-likeness (QED) is 0.840. The molecule has 1 saturated heterocycles. The van der Waals surface area contributed by atoms with Crippen LogP contribution in [0.5, 0.6) is 0 Å². The van der Waals surface area contributed by atoms with Crippen molar-refractivity contribution >= 4 is 17.6 Å². The summed E-state index contributed by atoms with van der Waals surface area (Å²) in [5.41, 5.74) is 2.76. The van der Waals surface area contributed by atoms with E-state index in [-0.39, 0.29) is 23.3 Å². The van der Waals surface area contributed by atoms with Gasteiger partial charge in [-0.1, -0.05) is 13.0 Å². The Morgan fingerprint density at radius 1 is 1.18 bits per heavy atom. The van der Waals surface area contributed by atoms with Gasteiger partial charge in [-0.2, -0.15) is 0 Å². The first-order valence-electron chi connectivity index (χ1n) is 9.27. The topological polar surface area (TPSA) is 57.6 Å². The van der Waals surface area contributed by atoms with Crippen LogP contribution in [0.1, 0.15) is 40.4 Å². The van der Waals surface area contributed by atoms with Crippen molar-refractivity contribution in [1.82, 2.24) is 0 Å². The highest BCUT2D eigenvalue weighted by atomic mass is 19.1. The first kappa shape index (κ1) is 20.0. The first-order valence-corrected chi connectivity index (χ1v) is 9.27. The maximum atomic E-state index is 14.1. The molecule has 2 aromatic carbocycles. The van der Waals surface area contributed by atoms with Crippen molar-refractivity contribution in [2.24, 2.45) is 11.8 Å². The Morgan fingerprint density at radius 2 is 1.82 bits per heavy atom. The molecule has 1 fully saturated rings. The molecule has 0 radical (unpaired) electrons. The second-order valence-electron chi connectivity index (χ2n) is 7.66. The van der Waals surface area contributed by atoms with Crippen molar-refractivity contribution in [2.75, 3.05) is 11.4 Å². The standard InChI is InChI=1S/C22H23F2NO3/c1-12-7-17(22(27)28)8-13(2)20(12)25-11-15(6-14(3)21(25)26)9-16-4-5-18(23)10-19(16)24/h4-5,7-8,10,14-15H,6,9,11H2,1-3H3,(H,27,28)/t14-,15-/m1/s1. The van der Waals surface area contributed by atoms with Crippen LogP contribution in [0.4, 0.5) is 14.5 Å². The maximum Gasteiger partial charge on any atom is 0.335 e. The SMILES string of the molecule is Cc1cc(C(=O)O)cc(C)c1N1C[C@@H](Cc2ccc(F)cc2F)C[C@@H](C)C1=O. The van der Waals surface area contributed by atoms with E-state index >= 15 is 0 Å². The minimum absolute atomic E-state index is 0.0191. The fourth-order valence-corrected chi connectivity index (χ4v) is 4.14. The van der Waals surface area contributed by atoms with Crippen molar-refractivity contribution in [1.29, 1.82) is 0 Å². The Hall–Kier alpha value is -2.76. The van der Waals surface area contributed by atoms with E-state index in [0.717, 1.165) is 6.07 Å². The van der Waals surface area contributed by atoms with Crippen LogP contribution < -0.4 is 4.90 Å². The highest BCUT2D eigenvalue weighted by molar-refractivity contribution is 5.98. The van der Waals surface area contributed by atoms with Gasteiger partial charge in [-0.25, -0.2) is 13.6 Å². The van der Waals surface area contributed by atoms with Gasteiger partial charge in [0.1, 0.15) is 11.6 Å². The van der Waals surface area contributed by atoms with Crippen LogP contribution in [0.2, 0.25) is 0 Å². The maximum absolute atomic E-state index is 14.1. The van der Waals surface area contributed by atoms with Crippen LogP contribution in [0.3, 0.4) is 0 Å². The average molecular weight is 387 g/mol. The summed E-state index contributed by atoms with van der Waals surface area (Å²) >= 11 is 0. The van der Waals surface area contributed by atoms with Gasteiger partial charge in [0.2, 0.25) is 5.91 Å². The number of rotatable bonds is 4. The molecule has 0 aliphatic carbocycles. The van der Waals surface area contributed by atoms with E-state index in [1.54, 1.807) is 30.9 Å². The van der Waals surface area contributed by atoms with E-state index in [4.69, 9.17) is 0 Å². The number of carboxylic acid groups (broad SMARTS) is 1. The monoisotopic (exact) mass is 387 g/mol. The molecule has 28 heavy (non-hydrogen) atoms. The summed E-state index contributed by atoms with van der Waals surface area (Å²) in [4.78, 5) is 25.8. The number of aromatic carboxylic acids is 1. The molecule has 1 N–H and O–H groups in total. The zero-order valence-electron chi connectivity index (χ0n) is 16.1. The fraction of sp³-hybridized carbons (Fsp3) is 0.364. The van der Waals surface area contributed by atoms with E-state index in [1.165, 1.54) is 12.1 Å². The number of carboxylic acids is 1. The average Bonchev–Trinajstić information content (AvgIpc) is 2.60. The molecule has 2 aromatic rings. The summed E-state index contributed by atoms with van der Waals surface area (Å²) < 4.78 is 27.2. The molecular weight excluding hydrogens is 364 g/mol. The van der Waals surface area contributed by atoms with Crippen molar-refractivity contribution in [3.8, 4) is 0 Å². The molecule has 0 bridgehead atoms. The predicted octanol–water partition coefficient (Wildman–Crippen LogP) is 4.51. The molecule has 0 saturated carbocycles. The summed E-state index contributed by atoms with van der Waals surface area (Å²) in [6, 6.07) is 6.70. The zero-order valence-corrected chi connectivity index (χ0v) is 16.1. The number of piperidine rings is 1. The van der Waals surface area contributed by atoms with Crippen molar-refractivity contribution in [2.45, 2.75) is 33.6 Å². The number of halogens is 2. The molecule has 0 aromatic heterocycles. The van der Waals surface area contributed by atoms with Crippen LogP contribution in [0.15, 0.2) is 30.3 Å². The van der Waals surface area contributed by atoms with Gasteiger partial charge in [0.05, 0.1) is 5.56 Å². The zero-order chi connectivity index (χ0) is 20.6. The number of benzene rings is 2. The molecule has 1 aliphatic heterocycles. The van der Waals surface area contributed by atoms with E-state index in [0.29, 0.717) is 41.8 Å². The third-order valence-corrected chi connectivity index (χ3v) is 5.35. The summed E-state index contributed by atoms with van der Waals surface area (Å²) in [5, 5.41) is 9.24. The molecule has 4 nitrogen and oxygen atoms in total. The minimum Gasteiger partial charge on any atom is -0.478 e. The Balaban J connectivity index is 1.91. The van der Waals surface area contributed by atoms with Gasteiger partial charge in [0, 0.05) is 24.2 Å². The number of amides is 1. The highest BCUT2D eigenvalue weighted by Crippen LogP contribution is 2.34. The van der Waals surface area contributed by atoms with Gasteiger partial charge < -0.3 is 10.0 Å². The molecule has 0 unspecified atom stereocenters. The van der Waals surface area contributed by atoms with Crippen LogP contribution in [-0.4, -0.2) is 23.5 Å². The minimum atomic E-state index is -1.01. The number of hydrogen-bond donors (Lipinski definition) is 1. The third-order valence-electron chi connectivity index (χ3n) is 5.35. The third kappa shape index (κ3) is 3.91. The summed E-state index contributed by atoms with van der Waals surface area (Å²) in [5.74, 6) is -2.44. The number of hydrogen-bond acceptors (Lipinski definition) is 2. The number of nitrogens with zero attached hydrogens (tertiary/aromatic N) is 1. The van der Waals surface area contributed by atoms with Crippen molar-refractivity contribution in [3.05, 3.63) is 64.2 Å². The van der Waals surface area contributed by atoms with Crippen LogP contribution in [0, 0.1) is 37.3 Å². The van der Waals surface area contributed by atoms with Gasteiger partial charge in [-0.3, -0.25) is 4.79 Å². The largest absolute Gasteiger partial charge is 0.478 e. The van der Waals surface area contributed by atoms with E-state index in [1.807, 2.05) is 6.92 Å². The molecular formula is C22H23F2NO3. The normalized spacial score (nSPS) is 19.8. The lowest BCUT2D eigenvalue weighted by atomic mass is 9.84. The Bertz CT molecular complexity index is 918. The highest BCUT2D eigenvalue weighted by Gasteiger charge is 2.34. The smallest absolute Gasteiger partial charge is 0.335 e. The van der Waals surface area contributed by atoms with Gasteiger partial charge >= 0.3 is 5.97 Å². The molecule has 1 aliphatic rings. The molecule has 1 heterocycles. The van der Waals surface area contributed by atoms with Crippen LogP contribution in [0.25, 0.3) is 0 Å². The van der Waals surface area contributed by atoms with E-state index < -0.39 is 17.6 Å².